The number of aromatic hydroxyl groups is 1. The van der Waals surface area contributed by atoms with E-state index in [0.717, 1.165) is 4.70 Å². The first-order chi connectivity index (χ1) is 5.83. The number of aldehydes is 1. The van der Waals surface area contributed by atoms with Gasteiger partial charge in [-0.05, 0) is 23.7 Å². The molecular formula is C7H4N2O2S. The Morgan fingerprint density at radius 1 is 1.50 bits per heavy atom. The van der Waals surface area contributed by atoms with Crippen molar-refractivity contribution in [3.05, 3.63) is 17.7 Å². The number of phenolic OH excluding ortho intramolecular Hbond substituents is 1. The molecule has 0 radical (unpaired) electrons. The maximum atomic E-state index is 10.5. The van der Waals surface area contributed by atoms with Crippen molar-refractivity contribution in [2.75, 3.05) is 0 Å². The predicted molar refractivity (Wildman–Crippen MR) is 44.5 cm³/mol. The van der Waals surface area contributed by atoms with E-state index in [0.29, 0.717) is 11.8 Å². The van der Waals surface area contributed by atoms with E-state index in [1.54, 1.807) is 6.07 Å². The van der Waals surface area contributed by atoms with Gasteiger partial charge in [0.2, 0.25) is 0 Å². The van der Waals surface area contributed by atoms with Gasteiger partial charge in [0.05, 0.1) is 10.3 Å². The molecule has 2 aromatic rings. The number of carbonyl (C=O) groups is 1. The first-order valence-corrected chi connectivity index (χ1v) is 3.99. The quantitative estimate of drug-likeness (QED) is 0.670. The largest absolute Gasteiger partial charge is 0.507 e. The molecule has 0 saturated carbocycles. The van der Waals surface area contributed by atoms with Crippen LogP contribution in [0.3, 0.4) is 0 Å². The SMILES string of the molecule is O=Cc1c(O)ccc2snnc12. The van der Waals surface area contributed by atoms with Crippen LogP contribution < -0.4 is 0 Å². The van der Waals surface area contributed by atoms with Gasteiger partial charge in [-0.1, -0.05) is 4.49 Å². The first-order valence-electron chi connectivity index (χ1n) is 3.22. The van der Waals surface area contributed by atoms with E-state index in [2.05, 4.69) is 9.59 Å². The summed E-state index contributed by atoms with van der Waals surface area (Å²) >= 11 is 1.19. The van der Waals surface area contributed by atoms with Gasteiger partial charge in [-0.25, -0.2) is 0 Å². The lowest BCUT2D eigenvalue weighted by Gasteiger charge is -1.94. The molecule has 2 rings (SSSR count). The Morgan fingerprint density at radius 3 is 3.08 bits per heavy atom. The molecule has 0 aliphatic heterocycles. The van der Waals surface area contributed by atoms with Crippen molar-refractivity contribution in [2.45, 2.75) is 0 Å². The highest BCUT2D eigenvalue weighted by molar-refractivity contribution is 7.13. The molecule has 12 heavy (non-hydrogen) atoms. The number of fused-ring (bicyclic) bond motifs is 1. The summed E-state index contributed by atoms with van der Waals surface area (Å²) in [5, 5.41) is 13.0. The molecule has 0 spiro atoms. The number of aromatic nitrogens is 2. The molecule has 0 atom stereocenters. The molecule has 1 aromatic heterocycles. The molecule has 0 aliphatic rings. The predicted octanol–water partition coefficient (Wildman–Crippen LogP) is 1.21. The number of carbonyl (C=O) groups excluding carboxylic acids is 1. The van der Waals surface area contributed by atoms with Gasteiger partial charge in [-0.3, -0.25) is 4.79 Å². The number of phenols is 1. The van der Waals surface area contributed by atoms with Gasteiger partial charge in [0.25, 0.3) is 0 Å². The molecule has 4 nitrogen and oxygen atoms in total. The summed E-state index contributed by atoms with van der Waals surface area (Å²) in [5.74, 6) is -0.0507. The van der Waals surface area contributed by atoms with Crippen LogP contribution >= 0.6 is 11.5 Å². The lowest BCUT2D eigenvalue weighted by Crippen LogP contribution is -1.83. The lowest BCUT2D eigenvalue weighted by atomic mass is 10.2. The van der Waals surface area contributed by atoms with Crippen LogP contribution in [0.4, 0.5) is 0 Å². The summed E-state index contributed by atoms with van der Waals surface area (Å²) in [6, 6.07) is 3.15. The molecule has 0 unspecified atom stereocenters. The number of nitrogens with zero attached hydrogens (tertiary/aromatic N) is 2. The molecule has 1 aromatic carbocycles. The van der Waals surface area contributed by atoms with Crippen LogP contribution in [0.25, 0.3) is 10.2 Å². The van der Waals surface area contributed by atoms with Crippen molar-refractivity contribution in [2.24, 2.45) is 0 Å². The molecule has 0 amide bonds. The van der Waals surface area contributed by atoms with E-state index in [9.17, 15) is 9.90 Å². The summed E-state index contributed by atoms with van der Waals surface area (Å²) in [7, 11) is 0. The molecule has 60 valence electrons. The highest BCUT2D eigenvalue weighted by atomic mass is 32.1. The minimum atomic E-state index is -0.0507. The van der Waals surface area contributed by atoms with Gasteiger partial charge in [0.1, 0.15) is 11.3 Å². The Bertz CT molecular complexity index is 438. The summed E-state index contributed by atoms with van der Waals surface area (Å²) < 4.78 is 4.47. The molecule has 5 heteroatoms. The van der Waals surface area contributed by atoms with Crippen molar-refractivity contribution < 1.29 is 9.90 Å². The zero-order valence-electron chi connectivity index (χ0n) is 5.89. The maximum Gasteiger partial charge on any atom is 0.156 e. The Labute approximate surface area is 71.6 Å². The van der Waals surface area contributed by atoms with E-state index < -0.39 is 0 Å². The van der Waals surface area contributed by atoms with Gasteiger partial charge in [-0.15, -0.1) is 5.10 Å². The third kappa shape index (κ3) is 0.868. The third-order valence-corrected chi connectivity index (χ3v) is 2.24. The Morgan fingerprint density at radius 2 is 2.33 bits per heavy atom. The topological polar surface area (TPSA) is 63.1 Å². The first kappa shape index (κ1) is 7.17. The minimum absolute atomic E-state index is 0.0507. The minimum Gasteiger partial charge on any atom is -0.507 e. The smallest absolute Gasteiger partial charge is 0.156 e. The van der Waals surface area contributed by atoms with Crippen LogP contribution in [-0.2, 0) is 0 Å². The third-order valence-electron chi connectivity index (χ3n) is 1.55. The van der Waals surface area contributed by atoms with Gasteiger partial charge in [0, 0.05) is 0 Å². The summed E-state index contributed by atoms with van der Waals surface area (Å²) in [4.78, 5) is 10.5. The summed E-state index contributed by atoms with van der Waals surface area (Å²) in [6.45, 7) is 0. The van der Waals surface area contributed by atoms with Crippen molar-refractivity contribution in [3.8, 4) is 5.75 Å². The van der Waals surface area contributed by atoms with Crippen LogP contribution in [0.5, 0.6) is 5.75 Å². The van der Waals surface area contributed by atoms with Crippen LogP contribution in [-0.4, -0.2) is 21.0 Å². The average Bonchev–Trinajstić information content (AvgIpc) is 2.52. The van der Waals surface area contributed by atoms with E-state index in [1.165, 1.54) is 17.6 Å². The lowest BCUT2D eigenvalue weighted by molar-refractivity contribution is 0.112. The Kier molecular flexibility index (Phi) is 1.51. The fourth-order valence-corrected chi connectivity index (χ4v) is 1.55. The molecule has 1 heterocycles. The maximum absolute atomic E-state index is 10.5. The number of hydrogen-bond acceptors (Lipinski definition) is 5. The van der Waals surface area contributed by atoms with Crippen LogP contribution in [0.15, 0.2) is 12.1 Å². The van der Waals surface area contributed by atoms with Crippen molar-refractivity contribution in [1.29, 1.82) is 0 Å². The second-order valence-corrected chi connectivity index (χ2v) is 3.02. The molecule has 0 fully saturated rings. The van der Waals surface area contributed by atoms with E-state index in [-0.39, 0.29) is 11.3 Å². The van der Waals surface area contributed by atoms with E-state index in [4.69, 9.17) is 0 Å². The van der Waals surface area contributed by atoms with Crippen LogP contribution in [0.2, 0.25) is 0 Å². The van der Waals surface area contributed by atoms with Crippen molar-refractivity contribution >= 4 is 28.0 Å². The molecular weight excluding hydrogens is 176 g/mol. The van der Waals surface area contributed by atoms with Gasteiger partial charge in [-0.2, -0.15) is 0 Å². The zero-order chi connectivity index (χ0) is 8.55. The second-order valence-electron chi connectivity index (χ2n) is 2.24. The summed E-state index contributed by atoms with van der Waals surface area (Å²) in [5.41, 5.74) is 0.677. The highest BCUT2D eigenvalue weighted by Crippen LogP contribution is 2.25. The van der Waals surface area contributed by atoms with Crippen molar-refractivity contribution in [1.82, 2.24) is 9.59 Å². The van der Waals surface area contributed by atoms with E-state index >= 15 is 0 Å². The van der Waals surface area contributed by atoms with Gasteiger partial charge < -0.3 is 5.11 Å². The number of hydrogen-bond donors (Lipinski definition) is 1. The monoisotopic (exact) mass is 180 g/mol. The van der Waals surface area contributed by atoms with Crippen LogP contribution in [0, 0.1) is 0 Å². The standard InChI is InChI=1S/C7H4N2O2S/c10-3-4-5(11)1-2-6-7(4)8-9-12-6/h1-3,11H. The molecule has 0 bridgehead atoms. The van der Waals surface area contributed by atoms with E-state index in [1.807, 2.05) is 0 Å². The second kappa shape index (κ2) is 2.53. The molecule has 0 aliphatic carbocycles. The number of benzene rings is 1. The summed E-state index contributed by atoms with van der Waals surface area (Å²) in [6.07, 6.45) is 0.582. The highest BCUT2D eigenvalue weighted by Gasteiger charge is 2.08. The fourth-order valence-electron chi connectivity index (χ4n) is 0.976. The van der Waals surface area contributed by atoms with Gasteiger partial charge >= 0.3 is 0 Å². The molecule has 1 N–H and O–H groups in total. The Hall–Kier alpha value is -1.49. The van der Waals surface area contributed by atoms with Gasteiger partial charge in [0.15, 0.2) is 6.29 Å². The number of rotatable bonds is 1. The zero-order valence-corrected chi connectivity index (χ0v) is 6.71. The normalized spacial score (nSPS) is 10.3. The Balaban J connectivity index is 2.91. The van der Waals surface area contributed by atoms with Crippen LogP contribution in [0.1, 0.15) is 10.4 Å². The van der Waals surface area contributed by atoms with Crippen molar-refractivity contribution in [3.63, 3.8) is 0 Å². The fraction of sp³-hybridized carbons (Fsp3) is 0. The molecule has 0 saturated heterocycles. The average molecular weight is 180 g/mol.